The molecule has 2 aromatic rings. The van der Waals surface area contributed by atoms with Crippen molar-refractivity contribution in [1.82, 2.24) is 10.6 Å². The number of unbranched alkanes of at least 4 members (excludes halogenated alkanes) is 12. The first-order chi connectivity index (χ1) is 37.5. The Labute approximate surface area is 470 Å². The predicted octanol–water partition coefficient (Wildman–Crippen LogP) is 11.7. The molecule has 0 bridgehead atoms. The minimum atomic E-state index is -2.69. The Bertz CT molecular complexity index is 1700. The van der Waals surface area contributed by atoms with Crippen molar-refractivity contribution >= 4 is 16.9 Å². The van der Waals surface area contributed by atoms with Crippen LogP contribution in [0.2, 0.25) is 11.1 Å². The lowest BCUT2D eigenvalue weighted by Gasteiger charge is -2.35. The summed E-state index contributed by atoms with van der Waals surface area (Å²) in [6.07, 6.45) is 39.4. The van der Waals surface area contributed by atoms with Gasteiger partial charge in [0.1, 0.15) is 36.9 Å². The molecule has 6 atom stereocenters. The van der Waals surface area contributed by atoms with Crippen molar-refractivity contribution in [3.05, 3.63) is 108 Å². The number of aliphatic hydroxyl groups excluding tert-OH is 5. The summed E-state index contributed by atoms with van der Waals surface area (Å²) >= 11 is 0. The summed E-state index contributed by atoms with van der Waals surface area (Å²) in [7, 11) is -0.371. The van der Waals surface area contributed by atoms with E-state index in [1.807, 2.05) is 24.3 Å². The fourth-order valence-corrected chi connectivity index (χ4v) is 14.5. The largest absolute Gasteiger partial charge is 0.491 e. The maximum Gasteiger partial charge on any atom is 0.367 e. The van der Waals surface area contributed by atoms with Gasteiger partial charge in [-0.3, -0.25) is 0 Å². The smallest absolute Gasteiger partial charge is 0.367 e. The number of nitrogens with one attached hydrogen (secondary N) is 2. The maximum absolute atomic E-state index is 10.6. The second-order valence-electron chi connectivity index (χ2n) is 21.3. The van der Waals surface area contributed by atoms with Gasteiger partial charge in [0.05, 0.1) is 18.7 Å². The zero-order valence-electron chi connectivity index (χ0n) is 49.2. The summed E-state index contributed by atoms with van der Waals surface area (Å²) < 4.78 is 29.3. The molecule has 0 aliphatic rings. The molecule has 0 saturated carbocycles. The number of rotatable bonds is 50. The highest BCUT2D eigenvalue weighted by Crippen LogP contribution is 2.35. The lowest BCUT2D eigenvalue weighted by molar-refractivity contribution is 0.106. The zero-order chi connectivity index (χ0) is 56.3. The number of allylic oxidation sites excluding steroid dienone is 8. The van der Waals surface area contributed by atoms with E-state index in [-0.39, 0.29) is 54.8 Å². The Morgan fingerprint density at radius 1 is 0.506 bits per heavy atom. The van der Waals surface area contributed by atoms with E-state index >= 15 is 0 Å². The molecule has 0 aliphatic heterocycles. The van der Waals surface area contributed by atoms with Gasteiger partial charge in [-0.15, -0.1) is 0 Å². The van der Waals surface area contributed by atoms with Crippen LogP contribution in [0.1, 0.15) is 161 Å². The normalized spacial score (nSPS) is 15.0. The number of aliphatic hydroxyl groups is 5. The van der Waals surface area contributed by atoms with E-state index in [0.29, 0.717) is 13.1 Å². The summed E-state index contributed by atoms with van der Waals surface area (Å²) in [4.78, 5) is 0. The Morgan fingerprint density at radius 3 is 1.36 bits per heavy atom. The van der Waals surface area contributed by atoms with Crippen molar-refractivity contribution in [2.24, 2.45) is 11.8 Å². The number of ether oxygens (including phenoxy) is 2. The first-order valence-corrected chi connectivity index (χ1v) is 34.3. The molecule has 0 fully saturated rings. The van der Waals surface area contributed by atoms with Crippen LogP contribution in [-0.2, 0) is 26.1 Å². The van der Waals surface area contributed by atoms with Crippen molar-refractivity contribution in [1.29, 1.82) is 0 Å². The molecule has 0 aromatic heterocycles. The molecule has 0 radical (unpaired) electrons. The van der Waals surface area contributed by atoms with Gasteiger partial charge in [-0.2, -0.15) is 0 Å². The average Bonchev–Trinajstić information content (AvgIpc) is 3.45. The first-order valence-electron chi connectivity index (χ1n) is 29.8. The Kier molecular flexibility index (Phi) is 40.8. The molecule has 0 saturated heterocycles. The van der Waals surface area contributed by atoms with Gasteiger partial charge in [0.2, 0.25) is 8.32 Å². The van der Waals surface area contributed by atoms with E-state index < -0.39 is 29.1 Å². The highest BCUT2D eigenvalue weighted by atomic mass is 28.4. The van der Waals surface area contributed by atoms with Crippen molar-refractivity contribution in [2.45, 2.75) is 186 Å². The lowest BCUT2D eigenvalue weighted by Crippen LogP contribution is -2.52. The standard InChI is InChI=1S/C63H110N2O10Si2/c1-8-10-12-25-37-58(54(3)76(51-66,52-67)71-5)38-27-20-16-14-18-23-33-56-35-31-41-62(45-56)74-49-60(69)47-64-43-29-22-30-44-65-48-61(70)50-75-63-42-32-36-57(46-63)34-24-19-15-17-21-28-40-59(39-26-13-11-9-2)55(4)77(53-68,72-6)73-7/h12-13,25-28,31-32,35-36,38,40-42,45-46,54-55,58-61,64-70H,8-11,14-24,29-30,33-34,37,39,43-44,47-53H2,1-7H3/b25-12+,26-13+,38-27+,40-28+. The lowest BCUT2D eigenvalue weighted by atomic mass is 9.99. The highest BCUT2D eigenvalue weighted by molar-refractivity contribution is 6.75. The molecule has 0 heterocycles. The molecule has 440 valence electrons. The molecule has 0 amide bonds. The summed E-state index contributed by atoms with van der Waals surface area (Å²) in [5, 5.41) is 58.2. The third kappa shape index (κ3) is 29.9. The van der Waals surface area contributed by atoms with Crippen LogP contribution < -0.4 is 20.1 Å². The Hall–Kier alpha value is -2.97. The van der Waals surface area contributed by atoms with Crippen molar-refractivity contribution in [3.8, 4) is 11.5 Å². The van der Waals surface area contributed by atoms with Gasteiger partial charge in [0.25, 0.3) is 0 Å². The van der Waals surface area contributed by atoms with Crippen LogP contribution in [0.5, 0.6) is 11.5 Å². The molecule has 6 unspecified atom stereocenters. The summed E-state index contributed by atoms with van der Waals surface area (Å²) in [6, 6.07) is 16.5. The van der Waals surface area contributed by atoms with E-state index in [1.165, 1.54) is 30.4 Å². The van der Waals surface area contributed by atoms with Crippen LogP contribution in [0.3, 0.4) is 0 Å². The third-order valence-electron chi connectivity index (χ3n) is 15.3. The quantitative estimate of drug-likeness (QED) is 0.0190. The van der Waals surface area contributed by atoms with E-state index in [0.717, 1.165) is 140 Å². The van der Waals surface area contributed by atoms with Crippen molar-refractivity contribution < 1.29 is 48.3 Å². The van der Waals surface area contributed by atoms with Gasteiger partial charge in [-0.25, -0.2) is 0 Å². The first kappa shape index (κ1) is 70.1. The van der Waals surface area contributed by atoms with E-state index in [9.17, 15) is 25.5 Å². The summed E-state index contributed by atoms with van der Waals surface area (Å²) in [5.74, 6) is 2.09. The SMILES string of the molecule is CCC/C=C/CC(/C=C/CCCCCCc1cccc(OCC(O)CNCCCCCNCC(O)COc2cccc(CCCCCC/C=C/C(C/C=C/CCC)C(C)[Si](CO)(OC)OC)c2)c1)C(C)[Si](CO)(CO)OC. The molecule has 7 N–H and O–H groups in total. The Balaban J connectivity index is 1.54. The number of hydrogen-bond acceptors (Lipinski definition) is 12. The minimum absolute atomic E-state index is 0.0466. The number of benzene rings is 2. The molecular weight excluding hydrogens is 1000 g/mol. The van der Waals surface area contributed by atoms with E-state index in [4.69, 9.17) is 22.8 Å². The molecule has 2 rings (SSSR count). The fourth-order valence-electron chi connectivity index (χ4n) is 9.80. The molecular formula is C63H110N2O10Si2. The van der Waals surface area contributed by atoms with Gasteiger partial charge in [-0.1, -0.05) is 146 Å². The van der Waals surface area contributed by atoms with Gasteiger partial charge in [0.15, 0.2) is 0 Å². The topological polar surface area (TPSA) is 171 Å². The molecule has 0 aliphatic carbocycles. The predicted molar refractivity (Wildman–Crippen MR) is 324 cm³/mol. The van der Waals surface area contributed by atoms with Crippen LogP contribution in [0.15, 0.2) is 97.1 Å². The molecule has 12 nitrogen and oxygen atoms in total. The second kappa shape index (κ2) is 44.7. The van der Waals surface area contributed by atoms with Crippen molar-refractivity contribution in [2.75, 3.05) is 79.4 Å². The summed E-state index contributed by atoms with van der Waals surface area (Å²) in [6.45, 7) is 11.8. The number of hydrogen-bond donors (Lipinski definition) is 7. The molecule has 14 heteroatoms. The molecule has 0 spiro atoms. The third-order valence-corrected chi connectivity index (χ3v) is 22.9. The van der Waals surface area contributed by atoms with Gasteiger partial charge < -0.3 is 58.9 Å². The second-order valence-corrected chi connectivity index (χ2v) is 29.1. The molecule has 77 heavy (non-hydrogen) atoms. The van der Waals surface area contributed by atoms with Gasteiger partial charge >= 0.3 is 8.56 Å². The van der Waals surface area contributed by atoms with Gasteiger partial charge in [0, 0.05) is 40.0 Å². The zero-order valence-corrected chi connectivity index (χ0v) is 51.2. The summed E-state index contributed by atoms with van der Waals surface area (Å²) in [5.41, 5.74) is 2.74. The fraction of sp³-hybridized carbons (Fsp3) is 0.683. The Morgan fingerprint density at radius 2 is 0.948 bits per heavy atom. The van der Waals surface area contributed by atoms with Gasteiger partial charge in [-0.05, 0) is 156 Å². The van der Waals surface area contributed by atoms with Crippen molar-refractivity contribution in [3.63, 3.8) is 0 Å². The van der Waals surface area contributed by atoms with Crippen LogP contribution in [-0.4, -0.2) is 134 Å². The van der Waals surface area contributed by atoms with Crippen LogP contribution in [0.25, 0.3) is 0 Å². The van der Waals surface area contributed by atoms with Crippen LogP contribution >= 0.6 is 0 Å². The average molecular weight is 1110 g/mol. The number of aryl methyl sites for hydroxylation is 2. The van der Waals surface area contributed by atoms with E-state index in [1.54, 1.807) is 21.3 Å². The highest BCUT2D eigenvalue weighted by Gasteiger charge is 2.44. The van der Waals surface area contributed by atoms with Crippen LogP contribution in [0.4, 0.5) is 0 Å². The van der Waals surface area contributed by atoms with E-state index in [2.05, 4.69) is 111 Å². The van der Waals surface area contributed by atoms with Crippen LogP contribution in [0, 0.1) is 11.8 Å². The maximum atomic E-state index is 10.6. The minimum Gasteiger partial charge on any atom is -0.491 e. The molecule has 2 aromatic carbocycles. The monoisotopic (exact) mass is 1110 g/mol.